The number of hydrogen-bond donors (Lipinski definition) is 0. The molecule has 1 heterocycles. The van der Waals surface area contributed by atoms with Gasteiger partial charge >= 0.3 is 5.97 Å². The first-order chi connectivity index (χ1) is 11.6. The quantitative estimate of drug-likeness (QED) is 0.708. The lowest BCUT2D eigenvalue weighted by Gasteiger charge is -2.37. The van der Waals surface area contributed by atoms with Gasteiger partial charge < -0.3 is 14.2 Å². The molecule has 0 aliphatic carbocycles. The summed E-state index contributed by atoms with van der Waals surface area (Å²) >= 11 is 0. The van der Waals surface area contributed by atoms with Gasteiger partial charge in [0.2, 0.25) is 0 Å². The predicted molar refractivity (Wildman–Crippen MR) is 92.5 cm³/mol. The van der Waals surface area contributed by atoms with Gasteiger partial charge in [0.05, 0.1) is 20.8 Å². The van der Waals surface area contributed by atoms with Crippen LogP contribution in [0.15, 0.2) is 18.2 Å². The molecular weight excluding hydrogens is 308 g/mol. The number of rotatable bonds is 7. The normalized spacial score (nSPS) is 17.3. The van der Waals surface area contributed by atoms with Crippen LogP contribution in [0.3, 0.4) is 0 Å². The molecule has 0 saturated carbocycles. The van der Waals surface area contributed by atoms with Crippen molar-refractivity contribution in [1.29, 1.82) is 0 Å². The molecule has 0 spiro atoms. The van der Waals surface area contributed by atoms with Gasteiger partial charge in [-0.25, -0.2) is 0 Å². The molecular formula is C18H28N2O4. The van der Waals surface area contributed by atoms with Crippen LogP contribution in [-0.4, -0.2) is 68.8 Å². The number of nitrogens with zero attached hydrogens (tertiary/aromatic N) is 2. The summed E-state index contributed by atoms with van der Waals surface area (Å²) in [6.45, 7) is 8.51. The molecule has 1 saturated heterocycles. The monoisotopic (exact) mass is 336 g/mol. The van der Waals surface area contributed by atoms with Gasteiger partial charge in [-0.3, -0.25) is 14.6 Å². The molecule has 0 radical (unpaired) electrons. The molecule has 1 atom stereocenters. The Balaban J connectivity index is 1.92. The summed E-state index contributed by atoms with van der Waals surface area (Å²) in [6.07, 6.45) is 0. The average Bonchev–Trinajstić information content (AvgIpc) is 2.62. The second-order valence-corrected chi connectivity index (χ2v) is 5.92. The zero-order chi connectivity index (χ0) is 17.5. The Morgan fingerprint density at radius 1 is 1.17 bits per heavy atom. The topological polar surface area (TPSA) is 51.2 Å². The summed E-state index contributed by atoms with van der Waals surface area (Å²) < 4.78 is 15.9. The fourth-order valence-corrected chi connectivity index (χ4v) is 2.97. The minimum atomic E-state index is -0.182. The van der Waals surface area contributed by atoms with Crippen LogP contribution in [0, 0.1) is 0 Å². The molecule has 1 aromatic carbocycles. The molecule has 0 aromatic heterocycles. The van der Waals surface area contributed by atoms with Crippen LogP contribution in [-0.2, 0) is 16.1 Å². The molecule has 1 aliphatic rings. The first-order valence-corrected chi connectivity index (χ1v) is 8.43. The number of benzene rings is 1. The van der Waals surface area contributed by atoms with Crippen molar-refractivity contribution in [1.82, 2.24) is 9.80 Å². The predicted octanol–water partition coefficient (Wildman–Crippen LogP) is 1.77. The largest absolute Gasteiger partial charge is 0.497 e. The van der Waals surface area contributed by atoms with Crippen molar-refractivity contribution < 1.29 is 19.0 Å². The summed E-state index contributed by atoms with van der Waals surface area (Å²) in [5.74, 6) is 1.57. The van der Waals surface area contributed by atoms with Crippen LogP contribution in [0.2, 0.25) is 0 Å². The van der Waals surface area contributed by atoms with Gasteiger partial charge in [0.25, 0.3) is 0 Å². The van der Waals surface area contributed by atoms with Gasteiger partial charge in [-0.2, -0.15) is 0 Å². The number of piperazine rings is 1. The second kappa shape index (κ2) is 8.89. The first kappa shape index (κ1) is 18.5. The number of carbonyl (C=O) groups excluding carboxylic acids is 1. The van der Waals surface area contributed by atoms with Crippen molar-refractivity contribution in [2.24, 2.45) is 0 Å². The fourth-order valence-electron chi connectivity index (χ4n) is 2.97. The van der Waals surface area contributed by atoms with Crippen LogP contribution < -0.4 is 9.47 Å². The number of carbonyl (C=O) groups is 1. The third kappa shape index (κ3) is 4.61. The van der Waals surface area contributed by atoms with Gasteiger partial charge in [0.15, 0.2) is 0 Å². The Kier molecular flexibility index (Phi) is 6.87. The van der Waals surface area contributed by atoms with Gasteiger partial charge in [-0.15, -0.1) is 0 Å². The lowest BCUT2D eigenvalue weighted by Crippen LogP contribution is -2.51. The van der Waals surface area contributed by atoms with E-state index in [1.165, 1.54) is 0 Å². The third-order valence-corrected chi connectivity index (χ3v) is 4.46. The van der Waals surface area contributed by atoms with Crippen molar-refractivity contribution in [2.45, 2.75) is 26.4 Å². The van der Waals surface area contributed by atoms with Crippen molar-refractivity contribution >= 4 is 5.97 Å². The lowest BCUT2D eigenvalue weighted by atomic mass is 10.1. The molecule has 0 N–H and O–H groups in total. The Labute approximate surface area is 144 Å². The van der Waals surface area contributed by atoms with E-state index in [4.69, 9.17) is 14.2 Å². The zero-order valence-corrected chi connectivity index (χ0v) is 15.1. The summed E-state index contributed by atoms with van der Waals surface area (Å²) in [7, 11) is 3.35. The maximum atomic E-state index is 11.9. The minimum absolute atomic E-state index is 0.139. The molecule has 1 aliphatic heterocycles. The molecule has 134 valence electrons. The minimum Gasteiger partial charge on any atom is -0.497 e. The summed E-state index contributed by atoms with van der Waals surface area (Å²) in [6, 6.07) is 5.68. The molecule has 24 heavy (non-hydrogen) atoms. The van der Waals surface area contributed by atoms with E-state index in [9.17, 15) is 4.79 Å². The molecule has 0 amide bonds. The highest BCUT2D eigenvalue weighted by atomic mass is 16.5. The van der Waals surface area contributed by atoms with E-state index in [-0.39, 0.29) is 12.0 Å². The van der Waals surface area contributed by atoms with Crippen LogP contribution in [0.25, 0.3) is 0 Å². The highest BCUT2D eigenvalue weighted by molar-refractivity contribution is 5.75. The average molecular weight is 336 g/mol. The van der Waals surface area contributed by atoms with Crippen LogP contribution in [0.4, 0.5) is 0 Å². The second-order valence-electron chi connectivity index (χ2n) is 5.92. The van der Waals surface area contributed by atoms with E-state index in [0.29, 0.717) is 6.61 Å². The Morgan fingerprint density at radius 2 is 1.88 bits per heavy atom. The van der Waals surface area contributed by atoms with Crippen molar-refractivity contribution in [3.05, 3.63) is 23.8 Å². The Bertz CT molecular complexity index is 542. The van der Waals surface area contributed by atoms with Gasteiger partial charge in [0, 0.05) is 38.3 Å². The van der Waals surface area contributed by atoms with Crippen LogP contribution in [0.1, 0.15) is 19.4 Å². The summed E-state index contributed by atoms with van der Waals surface area (Å²) in [5, 5.41) is 0. The van der Waals surface area contributed by atoms with E-state index in [1.54, 1.807) is 14.2 Å². The van der Waals surface area contributed by atoms with Gasteiger partial charge in [0.1, 0.15) is 17.5 Å². The van der Waals surface area contributed by atoms with E-state index in [1.807, 2.05) is 32.0 Å². The summed E-state index contributed by atoms with van der Waals surface area (Å²) in [5.41, 5.74) is 1.11. The zero-order valence-electron chi connectivity index (χ0n) is 15.1. The van der Waals surface area contributed by atoms with E-state index in [2.05, 4.69) is 9.80 Å². The molecule has 2 rings (SSSR count). The highest BCUT2D eigenvalue weighted by Crippen LogP contribution is 2.25. The first-order valence-electron chi connectivity index (χ1n) is 8.43. The van der Waals surface area contributed by atoms with E-state index < -0.39 is 0 Å². The molecule has 6 heteroatoms. The number of hydrogen-bond acceptors (Lipinski definition) is 6. The van der Waals surface area contributed by atoms with Gasteiger partial charge in [-0.1, -0.05) is 0 Å². The molecule has 1 aromatic rings. The molecule has 0 bridgehead atoms. The number of esters is 1. The van der Waals surface area contributed by atoms with Crippen LogP contribution >= 0.6 is 0 Å². The molecule has 1 fully saturated rings. The number of ether oxygens (including phenoxy) is 3. The van der Waals surface area contributed by atoms with Crippen molar-refractivity contribution in [3.63, 3.8) is 0 Å². The van der Waals surface area contributed by atoms with E-state index >= 15 is 0 Å². The Hall–Kier alpha value is -1.79. The number of methoxy groups -OCH3 is 2. The maximum Gasteiger partial charge on any atom is 0.323 e. The molecule has 6 nitrogen and oxygen atoms in total. The van der Waals surface area contributed by atoms with Crippen molar-refractivity contribution in [3.8, 4) is 11.5 Å². The highest BCUT2D eigenvalue weighted by Gasteiger charge is 2.26. The van der Waals surface area contributed by atoms with E-state index in [0.717, 1.165) is 49.8 Å². The van der Waals surface area contributed by atoms with Gasteiger partial charge in [-0.05, 0) is 32.0 Å². The van der Waals surface area contributed by atoms with Crippen molar-refractivity contribution in [2.75, 3.05) is 47.0 Å². The lowest BCUT2D eigenvalue weighted by molar-refractivity contribution is -0.149. The summed E-state index contributed by atoms with van der Waals surface area (Å²) in [4.78, 5) is 16.4. The maximum absolute atomic E-state index is 11.9. The SMILES string of the molecule is CCOC(=O)C(C)N1CCN(Cc2cc(OC)ccc2OC)CC1. The smallest absolute Gasteiger partial charge is 0.323 e. The standard InChI is InChI=1S/C18H28N2O4/c1-5-24-18(21)14(2)20-10-8-19(9-11-20)13-15-12-16(22-3)6-7-17(15)23-4/h6-7,12,14H,5,8-11,13H2,1-4H3. The third-order valence-electron chi connectivity index (χ3n) is 4.46. The fraction of sp³-hybridized carbons (Fsp3) is 0.611. The molecule has 1 unspecified atom stereocenters. The Morgan fingerprint density at radius 3 is 2.46 bits per heavy atom. The van der Waals surface area contributed by atoms with Crippen LogP contribution in [0.5, 0.6) is 11.5 Å².